The van der Waals surface area contributed by atoms with E-state index < -0.39 is 17.7 Å². The molecule has 2 atom stereocenters. The van der Waals surface area contributed by atoms with Crippen LogP contribution in [0.25, 0.3) is 0 Å². The van der Waals surface area contributed by atoms with E-state index in [2.05, 4.69) is 21.2 Å². The smallest absolute Gasteiger partial charge is 0.145 e. The molecule has 1 aromatic carbocycles. The van der Waals surface area contributed by atoms with E-state index in [0.29, 0.717) is 12.5 Å². The molecule has 106 valence electrons. The van der Waals surface area contributed by atoms with Gasteiger partial charge in [-0.1, -0.05) is 0 Å². The molecule has 0 radical (unpaired) electrons. The van der Waals surface area contributed by atoms with E-state index in [-0.39, 0.29) is 16.1 Å². The standard InChI is InChI=1S/C14H18BrF2NO/c1-3-19-14(8-4-5-8)13(18-2)11-10(16)7-6-9(15)12(11)17/h6-8,13-14,18H,3-5H2,1-2H3. The number of hydrogen-bond acceptors (Lipinski definition) is 2. The maximum atomic E-state index is 14.2. The maximum Gasteiger partial charge on any atom is 0.145 e. The summed E-state index contributed by atoms with van der Waals surface area (Å²) >= 11 is 3.11. The largest absolute Gasteiger partial charge is 0.376 e. The normalized spacial score (nSPS) is 18.4. The van der Waals surface area contributed by atoms with Crippen molar-refractivity contribution in [2.75, 3.05) is 13.7 Å². The summed E-state index contributed by atoms with van der Waals surface area (Å²) in [6.45, 7) is 2.44. The van der Waals surface area contributed by atoms with Gasteiger partial charge >= 0.3 is 0 Å². The first-order valence-electron chi connectivity index (χ1n) is 6.52. The predicted octanol–water partition coefficient (Wildman–Crippen LogP) is 3.80. The van der Waals surface area contributed by atoms with Crippen molar-refractivity contribution in [1.82, 2.24) is 5.32 Å². The van der Waals surface area contributed by atoms with Crippen LogP contribution in [0, 0.1) is 17.6 Å². The van der Waals surface area contributed by atoms with Crippen LogP contribution >= 0.6 is 15.9 Å². The minimum atomic E-state index is -0.551. The molecular weight excluding hydrogens is 316 g/mol. The van der Waals surface area contributed by atoms with Crippen LogP contribution in [0.3, 0.4) is 0 Å². The van der Waals surface area contributed by atoms with Crippen LogP contribution in [0.4, 0.5) is 8.78 Å². The third-order valence-corrected chi connectivity index (χ3v) is 4.09. The highest BCUT2D eigenvalue weighted by Crippen LogP contribution is 2.41. The second kappa shape index (κ2) is 6.29. The Morgan fingerprint density at radius 1 is 1.42 bits per heavy atom. The van der Waals surface area contributed by atoms with Crippen LogP contribution in [0.5, 0.6) is 0 Å². The molecule has 0 saturated heterocycles. The van der Waals surface area contributed by atoms with Crippen molar-refractivity contribution < 1.29 is 13.5 Å². The lowest BCUT2D eigenvalue weighted by Crippen LogP contribution is -2.35. The van der Waals surface area contributed by atoms with E-state index in [1.807, 2.05) is 6.92 Å². The van der Waals surface area contributed by atoms with Gasteiger partial charge in [-0.15, -0.1) is 0 Å². The van der Waals surface area contributed by atoms with Crippen LogP contribution < -0.4 is 5.32 Å². The maximum absolute atomic E-state index is 14.2. The Morgan fingerprint density at radius 2 is 2.11 bits per heavy atom. The average Bonchev–Trinajstić information content (AvgIpc) is 3.21. The lowest BCUT2D eigenvalue weighted by molar-refractivity contribution is 0.0186. The van der Waals surface area contributed by atoms with E-state index in [0.717, 1.165) is 12.8 Å². The average molecular weight is 334 g/mol. The zero-order chi connectivity index (χ0) is 14.0. The van der Waals surface area contributed by atoms with Crippen molar-refractivity contribution in [2.45, 2.75) is 31.9 Å². The van der Waals surface area contributed by atoms with E-state index in [1.165, 1.54) is 12.1 Å². The molecule has 0 aromatic heterocycles. The molecule has 0 spiro atoms. The molecule has 1 aliphatic carbocycles. The van der Waals surface area contributed by atoms with Gasteiger partial charge in [0.05, 0.1) is 16.6 Å². The third-order valence-electron chi connectivity index (χ3n) is 3.48. The van der Waals surface area contributed by atoms with Gasteiger partial charge in [-0.05, 0) is 60.8 Å². The quantitative estimate of drug-likeness (QED) is 0.799. The Labute approximate surface area is 120 Å². The van der Waals surface area contributed by atoms with Crippen molar-refractivity contribution in [2.24, 2.45) is 5.92 Å². The number of likely N-dealkylation sites (N-methyl/N-ethyl adjacent to an activating group) is 1. The molecule has 1 aromatic rings. The molecule has 0 heterocycles. The van der Waals surface area contributed by atoms with Crippen LogP contribution in [0.1, 0.15) is 31.4 Å². The van der Waals surface area contributed by atoms with Crippen LogP contribution in [-0.2, 0) is 4.74 Å². The van der Waals surface area contributed by atoms with Gasteiger partial charge in [0.25, 0.3) is 0 Å². The highest BCUT2D eigenvalue weighted by atomic mass is 79.9. The van der Waals surface area contributed by atoms with E-state index in [1.54, 1.807) is 7.05 Å². The second-order valence-electron chi connectivity index (χ2n) is 4.78. The summed E-state index contributed by atoms with van der Waals surface area (Å²) in [6, 6.07) is 2.20. The zero-order valence-electron chi connectivity index (χ0n) is 11.1. The Hall–Kier alpha value is -0.520. The summed E-state index contributed by atoms with van der Waals surface area (Å²) in [5.74, 6) is -0.703. The van der Waals surface area contributed by atoms with Crippen LogP contribution in [0.2, 0.25) is 0 Å². The van der Waals surface area contributed by atoms with Crippen LogP contribution in [0.15, 0.2) is 16.6 Å². The topological polar surface area (TPSA) is 21.3 Å². The van der Waals surface area contributed by atoms with Crippen molar-refractivity contribution in [3.8, 4) is 0 Å². The summed E-state index contributed by atoms with van der Waals surface area (Å²) in [5.41, 5.74) is 0.0576. The van der Waals surface area contributed by atoms with E-state index in [9.17, 15) is 8.78 Å². The highest BCUT2D eigenvalue weighted by Gasteiger charge is 2.39. The molecule has 19 heavy (non-hydrogen) atoms. The molecule has 1 fully saturated rings. The molecule has 1 saturated carbocycles. The van der Waals surface area contributed by atoms with E-state index >= 15 is 0 Å². The predicted molar refractivity (Wildman–Crippen MR) is 74.0 cm³/mol. The fraction of sp³-hybridized carbons (Fsp3) is 0.571. The third kappa shape index (κ3) is 3.15. The molecule has 2 rings (SSSR count). The minimum Gasteiger partial charge on any atom is -0.376 e. The fourth-order valence-electron chi connectivity index (χ4n) is 2.42. The van der Waals surface area contributed by atoms with Gasteiger partial charge in [0, 0.05) is 12.2 Å². The Kier molecular flexibility index (Phi) is 4.92. The van der Waals surface area contributed by atoms with Gasteiger partial charge in [-0.3, -0.25) is 0 Å². The molecule has 1 aliphatic rings. The summed E-state index contributed by atoms with van der Waals surface area (Å²) in [7, 11) is 1.71. The van der Waals surface area contributed by atoms with Gasteiger partial charge < -0.3 is 10.1 Å². The lowest BCUT2D eigenvalue weighted by atomic mass is 9.97. The van der Waals surface area contributed by atoms with E-state index in [4.69, 9.17) is 4.74 Å². The SMILES string of the molecule is CCOC(C1CC1)C(NC)c1c(F)ccc(Br)c1F. The Bertz CT molecular complexity index is 451. The number of halogens is 3. The monoisotopic (exact) mass is 333 g/mol. The molecular formula is C14H18BrF2NO. The zero-order valence-corrected chi connectivity index (χ0v) is 12.6. The molecule has 0 amide bonds. The second-order valence-corrected chi connectivity index (χ2v) is 5.63. The molecule has 2 unspecified atom stereocenters. The van der Waals surface area contributed by atoms with Crippen molar-refractivity contribution in [1.29, 1.82) is 0 Å². The van der Waals surface area contributed by atoms with Gasteiger partial charge in [0.2, 0.25) is 0 Å². The molecule has 0 bridgehead atoms. The first kappa shape index (κ1) is 14.9. The van der Waals surface area contributed by atoms with Gasteiger partial charge in [-0.2, -0.15) is 0 Å². The summed E-state index contributed by atoms with van der Waals surface area (Å²) < 4.78 is 34.2. The number of hydrogen-bond donors (Lipinski definition) is 1. The van der Waals surface area contributed by atoms with Crippen molar-refractivity contribution in [3.05, 3.63) is 33.8 Å². The molecule has 2 nitrogen and oxygen atoms in total. The number of benzene rings is 1. The lowest BCUT2D eigenvalue weighted by Gasteiger charge is -2.28. The first-order valence-corrected chi connectivity index (χ1v) is 7.31. The van der Waals surface area contributed by atoms with Crippen molar-refractivity contribution >= 4 is 15.9 Å². The van der Waals surface area contributed by atoms with Gasteiger partial charge in [0.15, 0.2) is 0 Å². The molecule has 0 aliphatic heterocycles. The van der Waals surface area contributed by atoms with Crippen molar-refractivity contribution in [3.63, 3.8) is 0 Å². The number of nitrogens with one attached hydrogen (secondary N) is 1. The van der Waals surface area contributed by atoms with Gasteiger partial charge in [0.1, 0.15) is 11.6 Å². The number of rotatable bonds is 6. The summed E-state index contributed by atoms with van der Waals surface area (Å²) in [6.07, 6.45) is 1.92. The molecule has 5 heteroatoms. The summed E-state index contributed by atoms with van der Waals surface area (Å²) in [4.78, 5) is 0. The number of ether oxygens (including phenoxy) is 1. The Balaban J connectivity index is 2.37. The fourth-order valence-corrected chi connectivity index (χ4v) is 2.77. The summed E-state index contributed by atoms with van der Waals surface area (Å²) in [5, 5.41) is 3.01. The Morgan fingerprint density at radius 3 is 2.63 bits per heavy atom. The van der Waals surface area contributed by atoms with Gasteiger partial charge in [-0.25, -0.2) is 8.78 Å². The van der Waals surface area contributed by atoms with Crippen LogP contribution in [-0.4, -0.2) is 19.8 Å². The highest BCUT2D eigenvalue weighted by molar-refractivity contribution is 9.10. The first-order chi connectivity index (χ1) is 9.10. The molecule has 1 N–H and O–H groups in total. The minimum absolute atomic E-state index is 0.0576.